The van der Waals surface area contributed by atoms with Gasteiger partial charge in [0, 0.05) is 13.1 Å². The smallest absolute Gasteiger partial charge is 0.377 e. The lowest BCUT2D eigenvalue weighted by Gasteiger charge is -2.22. The summed E-state index contributed by atoms with van der Waals surface area (Å²) in [6.45, 7) is 1.42. The third kappa shape index (κ3) is 4.38. The van der Waals surface area contributed by atoms with Crippen molar-refractivity contribution in [2.75, 3.05) is 19.7 Å². The molecule has 0 aromatic carbocycles. The van der Waals surface area contributed by atoms with E-state index in [1.165, 1.54) is 19.3 Å². The van der Waals surface area contributed by atoms with Crippen molar-refractivity contribution in [1.82, 2.24) is 5.32 Å². The zero-order chi connectivity index (χ0) is 13.7. The second kappa shape index (κ2) is 6.61. The van der Waals surface area contributed by atoms with Gasteiger partial charge in [-0.3, -0.25) is 0 Å². The maximum Gasteiger partial charge on any atom is 0.377 e. The number of carbonyl (C=O) groups is 1. The molecule has 4 nitrogen and oxygen atoms in total. The number of cyclic esters (lactones) is 1. The van der Waals surface area contributed by atoms with Crippen molar-refractivity contribution >= 4 is 5.97 Å². The Bertz CT molecular complexity index is 306. The van der Waals surface area contributed by atoms with Crippen LogP contribution in [0.25, 0.3) is 0 Å². The summed E-state index contributed by atoms with van der Waals surface area (Å²) in [6, 6.07) is 0. The third-order valence-electron chi connectivity index (χ3n) is 3.61. The largest absolute Gasteiger partial charge is 0.456 e. The van der Waals surface area contributed by atoms with Crippen molar-refractivity contribution in [1.29, 1.82) is 0 Å². The molecule has 2 aliphatic rings. The molecule has 110 valence electrons. The van der Waals surface area contributed by atoms with E-state index in [1.54, 1.807) is 0 Å². The summed E-state index contributed by atoms with van der Waals surface area (Å²) < 4.78 is 36.0. The van der Waals surface area contributed by atoms with Gasteiger partial charge in [0.1, 0.15) is 6.10 Å². The maximum absolute atomic E-state index is 12.9. The highest BCUT2D eigenvalue weighted by atomic mass is 19.3. The number of carbonyl (C=O) groups excluding carboxylic acids is 1. The second-order valence-corrected chi connectivity index (χ2v) is 5.27. The van der Waals surface area contributed by atoms with E-state index in [2.05, 4.69) is 10.1 Å². The Morgan fingerprint density at radius 1 is 1.32 bits per heavy atom. The zero-order valence-electron chi connectivity index (χ0n) is 11.0. The van der Waals surface area contributed by atoms with Gasteiger partial charge in [-0.15, -0.1) is 0 Å². The highest BCUT2D eigenvalue weighted by molar-refractivity contribution is 5.79. The topological polar surface area (TPSA) is 47.6 Å². The van der Waals surface area contributed by atoms with Crippen molar-refractivity contribution in [2.24, 2.45) is 0 Å². The number of nitrogens with one attached hydrogen (secondary N) is 1. The molecule has 0 bridgehead atoms. The molecule has 1 saturated heterocycles. The Morgan fingerprint density at radius 2 is 2.05 bits per heavy atom. The zero-order valence-corrected chi connectivity index (χ0v) is 11.0. The van der Waals surface area contributed by atoms with Gasteiger partial charge in [-0.1, -0.05) is 19.3 Å². The van der Waals surface area contributed by atoms with E-state index in [9.17, 15) is 13.6 Å². The van der Waals surface area contributed by atoms with Gasteiger partial charge < -0.3 is 14.8 Å². The Morgan fingerprint density at radius 3 is 2.68 bits per heavy atom. The summed E-state index contributed by atoms with van der Waals surface area (Å²) in [6.07, 6.45) is 5.08. The summed E-state index contributed by atoms with van der Waals surface area (Å²) in [7, 11) is 0. The molecule has 1 aliphatic heterocycles. The standard InChI is InChI=1S/C13H21F2NO3/c14-13(15)8-11(19-12(13)17)9-16-6-7-18-10-4-2-1-3-5-10/h10-11,16H,1-9H2. The van der Waals surface area contributed by atoms with Crippen molar-refractivity contribution in [3.63, 3.8) is 0 Å². The molecule has 0 spiro atoms. The molecule has 0 radical (unpaired) electrons. The Labute approximate surface area is 111 Å². The molecule has 6 heteroatoms. The number of alkyl halides is 2. The monoisotopic (exact) mass is 277 g/mol. The molecule has 1 unspecified atom stereocenters. The number of rotatable bonds is 6. The fourth-order valence-corrected chi connectivity index (χ4v) is 2.55. The summed E-state index contributed by atoms with van der Waals surface area (Å²) in [5.41, 5.74) is 0. The molecule has 1 atom stereocenters. The number of hydrogen-bond acceptors (Lipinski definition) is 4. The third-order valence-corrected chi connectivity index (χ3v) is 3.61. The summed E-state index contributed by atoms with van der Waals surface area (Å²) in [5, 5.41) is 2.99. The minimum Gasteiger partial charge on any atom is -0.456 e. The predicted octanol–water partition coefficient (Wildman–Crippen LogP) is 1.88. The highest BCUT2D eigenvalue weighted by Crippen LogP contribution is 2.30. The van der Waals surface area contributed by atoms with Gasteiger partial charge in [0.2, 0.25) is 0 Å². The molecule has 0 aromatic rings. The first-order valence-corrected chi connectivity index (χ1v) is 6.99. The van der Waals surface area contributed by atoms with Gasteiger partial charge in [0.05, 0.1) is 19.1 Å². The molecular formula is C13H21F2NO3. The van der Waals surface area contributed by atoms with E-state index in [0.29, 0.717) is 19.3 Å². The van der Waals surface area contributed by atoms with Crippen LogP contribution in [-0.4, -0.2) is 43.8 Å². The SMILES string of the molecule is O=C1OC(CNCCOC2CCCCC2)CC1(F)F. The Hall–Kier alpha value is -0.750. The van der Waals surface area contributed by atoms with Crippen molar-refractivity contribution in [3.8, 4) is 0 Å². The van der Waals surface area contributed by atoms with Crippen LogP contribution in [0.15, 0.2) is 0 Å². The van der Waals surface area contributed by atoms with Crippen LogP contribution in [0.5, 0.6) is 0 Å². The quantitative estimate of drug-likeness (QED) is 0.595. The lowest BCUT2D eigenvalue weighted by molar-refractivity contribution is -0.159. The van der Waals surface area contributed by atoms with E-state index in [0.717, 1.165) is 12.8 Å². The van der Waals surface area contributed by atoms with Gasteiger partial charge in [-0.2, -0.15) is 8.78 Å². The van der Waals surface area contributed by atoms with Crippen LogP contribution in [0.2, 0.25) is 0 Å². The summed E-state index contributed by atoms with van der Waals surface area (Å²) in [4.78, 5) is 10.8. The minimum atomic E-state index is -3.31. The molecular weight excluding hydrogens is 256 g/mol. The van der Waals surface area contributed by atoms with Crippen molar-refractivity contribution in [3.05, 3.63) is 0 Å². The fraction of sp³-hybridized carbons (Fsp3) is 0.923. The average molecular weight is 277 g/mol. The molecule has 0 aromatic heterocycles. The second-order valence-electron chi connectivity index (χ2n) is 5.27. The van der Waals surface area contributed by atoms with Gasteiger partial charge >= 0.3 is 11.9 Å². The normalized spacial score (nSPS) is 27.5. The van der Waals surface area contributed by atoms with E-state index in [4.69, 9.17) is 4.74 Å². The number of hydrogen-bond donors (Lipinski definition) is 1. The van der Waals surface area contributed by atoms with E-state index in [1.807, 2.05) is 0 Å². The van der Waals surface area contributed by atoms with Crippen molar-refractivity contribution in [2.45, 2.75) is 56.7 Å². The molecule has 1 aliphatic carbocycles. The first kappa shape index (κ1) is 14.7. The van der Waals surface area contributed by atoms with Gasteiger partial charge in [-0.25, -0.2) is 4.79 Å². The Balaban J connectivity index is 1.51. The van der Waals surface area contributed by atoms with E-state index >= 15 is 0 Å². The Kier molecular flexibility index (Phi) is 5.10. The van der Waals surface area contributed by atoms with Crippen LogP contribution in [0.3, 0.4) is 0 Å². The van der Waals surface area contributed by atoms with Gasteiger partial charge in [0.25, 0.3) is 0 Å². The minimum absolute atomic E-state index is 0.259. The summed E-state index contributed by atoms with van der Waals surface area (Å²) in [5.74, 6) is -4.72. The molecule has 19 heavy (non-hydrogen) atoms. The van der Waals surface area contributed by atoms with Crippen LogP contribution in [0.1, 0.15) is 38.5 Å². The average Bonchev–Trinajstić information content (AvgIpc) is 2.64. The lowest BCUT2D eigenvalue weighted by atomic mass is 9.98. The number of esters is 1. The van der Waals surface area contributed by atoms with Crippen molar-refractivity contribution < 1.29 is 23.0 Å². The molecule has 0 amide bonds. The molecule has 2 rings (SSSR count). The number of halogens is 2. The first-order chi connectivity index (χ1) is 9.08. The lowest BCUT2D eigenvalue weighted by Crippen LogP contribution is -2.31. The van der Waals surface area contributed by atoms with Crippen LogP contribution >= 0.6 is 0 Å². The summed E-state index contributed by atoms with van der Waals surface area (Å²) >= 11 is 0. The highest BCUT2D eigenvalue weighted by Gasteiger charge is 2.50. The van der Waals surface area contributed by atoms with Gasteiger partial charge in [0.15, 0.2) is 0 Å². The van der Waals surface area contributed by atoms with E-state index < -0.39 is 24.4 Å². The van der Waals surface area contributed by atoms with E-state index in [-0.39, 0.29) is 6.54 Å². The number of ether oxygens (including phenoxy) is 2. The van der Waals surface area contributed by atoms with Gasteiger partial charge in [-0.05, 0) is 12.8 Å². The molecule has 1 heterocycles. The molecule has 1 saturated carbocycles. The molecule has 2 fully saturated rings. The van der Waals surface area contributed by atoms with Crippen LogP contribution < -0.4 is 5.32 Å². The predicted molar refractivity (Wildman–Crippen MR) is 65.1 cm³/mol. The molecule has 1 N–H and O–H groups in total. The van der Waals surface area contributed by atoms with Crippen LogP contribution in [0.4, 0.5) is 8.78 Å². The maximum atomic E-state index is 12.9. The fourth-order valence-electron chi connectivity index (χ4n) is 2.55. The van der Waals surface area contributed by atoms with Crippen LogP contribution in [0, 0.1) is 0 Å². The van der Waals surface area contributed by atoms with Crippen LogP contribution in [-0.2, 0) is 14.3 Å². The first-order valence-electron chi connectivity index (χ1n) is 6.99.